The summed E-state index contributed by atoms with van der Waals surface area (Å²) in [7, 11) is 0. The Balaban J connectivity index is 1.59. The van der Waals surface area contributed by atoms with Crippen LogP contribution in [0.2, 0.25) is 0 Å². The summed E-state index contributed by atoms with van der Waals surface area (Å²) in [5.74, 6) is 2.01. The first-order chi connectivity index (χ1) is 16.4. The predicted molar refractivity (Wildman–Crippen MR) is 140 cm³/mol. The summed E-state index contributed by atoms with van der Waals surface area (Å²) in [5.41, 5.74) is 0. The molecule has 2 heterocycles. The number of carbonyl (C=O) groups is 2. The average molecular weight is 481 g/mol. The first-order valence-electron chi connectivity index (χ1n) is 13.8. The van der Waals surface area contributed by atoms with Crippen molar-refractivity contribution in [3.8, 4) is 0 Å². The Bertz CT molecular complexity index is 524. The van der Waals surface area contributed by atoms with Crippen molar-refractivity contribution in [3.63, 3.8) is 0 Å². The molecule has 198 valence electrons. The van der Waals surface area contributed by atoms with E-state index in [1.165, 1.54) is 25.7 Å². The van der Waals surface area contributed by atoms with Crippen LogP contribution in [0.5, 0.6) is 0 Å². The Morgan fingerprint density at radius 2 is 1.03 bits per heavy atom. The largest absolute Gasteiger partial charge is 0.355 e. The summed E-state index contributed by atoms with van der Waals surface area (Å²) in [6, 6.07) is -0.292. The minimum Gasteiger partial charge on any atom is -0.355 e. The van der Waals surface area contributed by atoms with Gasteiger partial charge in [0.05, 0.1) is 12.1 Å². The quantitative estimate of drug-likeness (QED) is 0.197. The van der Waals surface area contributed by atoms with E-state index in [9.17, 15) is 9.59 Å². The predicted octanol–water partition coefficient (Wildman–Crippen LogP) is 1.23. The van der Waals surface area contributed by atoms with Crippen molar-refractivity contribution in [1.29, 1.82) is 0 Å². The van der Waals surface area contributed by atoms with Crippen LogP contribution in [0.4, 0.5) is 0 Å². The van der Waals surface area contributed by atoms with Crippen LogP contribution in [0, 0.1) is 23.7 Å². The highest BCUT2D eigenvalue weighted by Gasteiger charge is 2.24. The van der Waals surface area contributed by atoms with E-state index in [2.05, 4.69) is 59.6 Å². The maximum Gasteiger partial charge on any atom is 0.237 e. The van der Waals surface area contributed by atoms with Gasteiger partial charge in [0, 0.05) is 13.1 Å². The molecular weight excluding hydrogens is 428 g/mol. The fourth-order valence-corrected chi connectivity index (χ4v) is 4.91. The Kier molecular flexibility index (Phi) is 14.0. The molecule has 2 rings (SSSR count). The van der Waals surface area contributed by atoms with Gasteiger partial charge in [0.25, 0.3) is 0 Å². The molecule has 2 aliphatic rings. The van der Waals surface area contributed by atoms with Gasteiger partial charge in [0.15, 0.2) is 0 Å². The zero-order valence-corrected chi connectivity index (χ0v) is 22.2. The van der Waals surface area contributed by atoms with Crippen LogP contribution in [0.15, 0.2) is 0 Å². The first kappa shape index (κ1) is 29.0. The van der Waals surface area contributed by atoms with E-state index in [1.807, 2.05) is 0 Å². The zero-order chi connectivity index (χ0) is 24.8. The lowest BCUT2D eigenvalue weighted by molar-refractivity contribution is -0.125. The third-order valence-corrected chi connectivity index (χ3v) is 7.27. The van der Waals surface area contributed by atoms with Crippen LogP contribution in [-0.4, -0.2) is 76.3 Å². The third kappa shape index (κ3) is 11.0. The lowest BCUT2D eigenvalue weighted by Crippen LogP contribution is -2.50. The van der Waals surface area contributed by atoms with Crippen LogP contribution in [-0.2, 0) is 9.59 Å². The number of nitrogens with one attached hydrogen (secondary N) is 6. The summed E-state index contributed by atoms with van der Waals surface area (Å²) >= 11 is 0. The molecule has 0 spiro atoms. The lowest BCUT2D eigenvalue weighted by atomic mass is 9.96. The molecule has 6 N–H and O–H groups in total. The van der Waals surface area contributed by atoms with Gasteiger partial charge in [-0.25, -0.2) is 0 Å². The summed E-state index contributed by atoms with van der Waals surface area (Å²) in [4.78, 5) is 25.4. The average Bonchev–Trinajstić information content (AvgIpc) is 2.82. The summed E-state index contributed by atoms with van der Waals surface area (Å²) in [6.45, 7) is 15.8. The fourth-order valence-electron chi connectivity index (χ4n) is 4.91. The molecule has 0 aromatic heterocycles. The van der Waals surface area contributed by atoms with Gasteiger partial charge in [-0.3, -0.25) is 9.59 Å². The maximum absolute atomic E-state index is 12.7. The highest BCUT2D eigenvalue weighted by molar-refractivity contribution is 5.82. The molecule has 0 radical (unpaired) electrons. The lowest BCUT2D eigenvalue weighted by Gasteiger charge is -2.27. The fraction of sp³-hybridized carbons (Fsp3) is 0.923. The van der Waals surface area contributed by atoms with E-state index < -0.39 is 0 Å². The smallest absolute Gasteiger partial charge is 0.237 e. The van der Waals surface area contributed by atoms with Crippen LogP contribution in [0.1, 0.15) is 66.2 Å². The topological polar surface area (TPSA) is 106 Å². The number of unbranched alkanes of at least 4 members (excludes halogenated alkanes) is 1. The number of hydrogen-bond donors (Lipinski definition) is 6. The standard InChI is InChI=1S/C26H52N6O2/c1-19(2)23(31-17-21-7-13-27-14-8-21)25(33)29-11-5-6-12-30-26(34)24(20(3)4)32-18-22-9-15-28-16-10-22/h19-24,27-28,31-32H,5-18H2,1-4H3,(H,29,33)(H,30,34)/t23-,24-/m0/s1. The Morgan fingerprint density at radius 1 is 0.676 bits per heavy atom. The molecule has 0 saturated carbocycles. The van der Waals surface area contributed by atoms with Gasteiger partial charge in [0.2, 0.25) is 11.8 Å². The molecule has 2 amide bonds. The van der Waals surface area contributed by atoms with E-state index in [4.69, 9.17) is 0 Å². The molecule has 34 heavy (non-hydrogen) atoms. The maximum atomic E-state index is 12.7. The van der Waals surface area contributed by atoms with Gasteiger partial charge in [-0.1, -0.05) is 27.7 Å². The molecule has 8 nitrogen and oxygen atoms in total. The van der Waals surface area contributed by atoms with E-state index in [-0.39, 0.29) is 35.7 Å². The van der Waals surface area contributed by atoms with Gasteiger partial charge < -0.3 is 31.9 Å². The molecule has 0 unspecified atom stereocenters. The van der Waals surface area contributed by atoms with Crippen molar-refractivity contribution >= 4 is 11.8 Å². The van der Waals surface area contributed by atoms with Gasteiger partial charge in [0.1, 0.15) is 0 Å². The van der Waals surface area contributed by atoms with Crippen LogP contribution in [0.25, 0.3) is 0 Å². The van der Waals surface area contributed by atoms with Crippen molar-refractivity contribution in [1.82, 2.24) is 31.9 Å². The Hall–Kier alpha value is -1.22. The zero-order valence-electron chi connectivity index (χ0n) is 22.2. The van der Waals surface area contributed by atoms with Crippen molar-refractivity contribution in [2.45, 2.75) is 78.3 Å². The number of piperidine rings is 2. The molecular formula is C26H52N6O2. The third-order valence-electron chi connectivity index (χ3n) is 7.27. The number of rotatable bonds is 15. The second-order valence-electron chi connectivity index (χ2n) is 10.9. The minimum absolute atomic E-state index is 0.0926. The molecule has 2 fully saturated rings. The Morgan fingerprint density at radius 3 is 1.35 bits per heavy atom. The molecule has 2 atom stereocenters. The van der Waals surface area contributed by atoms with E-state index in [1.54, 1.807) is 0 Å². The van der Waals surface area contributed by atoms with Crippen molar-refractivity contribution < 1.29 is 9.59 Å². The summed E-state index contributed by atoms with van der Waals surface area (Å²) < 4.78 is 0. The van der Waals surface area contributed by atoms with Gasteiger partial charge in [-0.2, -0.15) is 0 Å². The summed E-state index contributed by atoms with van der Waals surface area (Å²) in [5, 5.41) is 20.0. The molecule has 2 saturated heterocycles. The van der Waals surface area contributed by atoms with E-state index in [0.717, 1.165) is 52.1 Å². The Labute approximate surface area is 207 Å². The highest BCUT2D eigenvalue weighted by atomic mass is 16.2. The second kappa shape index (κ2) is 16.5. The molecule has 0 bridgehead atoms. The van der Waals surface area contributed by atoms with Crippen LogP contribution >= 0.6 is 0 Å². The van der Waals surface area contributed by atoms with Crippen molar-refractivity contribution in [2.75, 3.05) is 52.4 Å². The second-order valence-corrected chi connectivity index (χ2v) is 10.9. The highest BCUT2D eigenvalue weighted by Crippen LogP contribution is 2.13. The normalized spacial score (nSPS) is 19.8. The van der Waals surface area contributed by atoms with Crippen molar-refractivity contribution in [3.05, 3.63) is 0 Å². The summed E-state index contributed by atoms with van der Waals surface area (Å²) in [6.07, 6.45) is 6.43. The molecule has 0 aliphatic carbocycles. The number of hydrogen-bond acceptors (Lipinski definition) is 6. The van der Waals surface area contributed by atoms with Gasteiger partial charge in [-0.05, 0) is 101 Å². The molecule has 0 aromatic rings. The number of amides is 2. The van der Waals surface area contributed by atoms with Crippen LogP contribution in [0.3, 0.4) is 0 Å². The van der Waals surface area contributed by atoms with E-state index >= 15 is 0 Å². The first-order valence-corrected chi connectivity index (χ1v) is 13.8. The number of carbonyl (C=O) groups excluding carboxylic acids is 2. The monoisotopic (exact) mass is 480 g/mol. The van der Waals surface area contributed by atoms with Crippen molar-refractivity contribution in [2.24, 2.45) is 23.7 Å². The van der Waals surface area contributed by atoms with Gasteiger partial charge in [-0.15, -0.1) is 0 Å². The minimum atomic E-state index is -0.146. The SMILES string of the molecule is CC(C)[C@H](NCC1CCNCC1)C(=O)NCCCCNC(=O)[C@@H](NCC1CCNCC1)C(C)C. The van der Waals surface area contributed by atoms with E-state index in [0.29, 0.717) is 24.9 Å². The molecule has 2 aliphatic heterocycles. The van der Waals surface area contributed by atoms with Crippen LogP contribution < -0.4 is 31.9 Å². The molecule has 8 heteroatoms. The molecule has 0 aromatic carbocycles. The van der Waals surface area contributed by atoms with Gasteiger partial charge >= 0.3 is 0 Å².